The first-order chi connectivity index (χ1) is 9.32. The number of carbonyl (C=O) groups excluding carboxylic acids is 1. The smallest absolute Gasteiger partial charge is 0.418 e. The number of carbonyl (C=O) groups is 1. The number of hydrogen-bond donors (Lipinski definition) is 0. The predicted molar refractivity (Wildman–Crippen MR) is 71.5 cm³/mol. The first kappa shape index (κ1) is 15.2. The van der Waals surface area contributed by atoms with Gasteiger partial charge in [0, 0.05) is 17.6 Å². The minimum Gasteiger partial charge on any atom is -0.469 e. The summed E-state index contributed by atoms with van der Waals surface area (Å²) >= 11 is 3.18. The van der Waals surface area contributed by atoms with Gasteiger partial charge < -0.3 is 9.64 Å². The Morgan fingerprint density at radius 2 is 2.15 bits per heavy atom. The Morgan fingerprint density at radius 3 is 2.75 bits per heavy atom. The number of ether oxygens (including phenoxy) is 1. The lowest BCUT2D eigenvalue weighted by molar-refractivity contribution is -0.144. The normalized spacial score (nSPS) is 19.2. The molecule has 1 fully saturated rings. The maximum absolute atomic E-state index is 13.0. The molecule has 0 N–H and O–H groups in total. The molecule has 1 atom stereocenters. The predicted octanol–water partition coefficient (Wildman–Crippen LogP) is 3.47. The van der Waals surface area contributed by atoms with Crippen LogP contribution >= 0.6 is 15.9 Å². The van der Waals surface area contributed by atoms with E-state index in [1.807, 2.05) is 0 Å². The third-order valence-electron chi connectivity index (χ3n) is 3.33. The zero-order valence-corrected chi connectivity index (χ0v) is 12.3. The topological polar surface area (TPSA) is 29.5 Å². The van der Waals surface area contributed by atoms with Crippen molar-refractivity contribution >= 4 is 27.6 Å². The van der Waals surface area contributed by atoms with Crippen LogP contribution in [0.25, 0.3) is 0 Å². The SMILES string of the molecule is COC(=O)C1CCN(c2cc(Br)ccc2C(F)(F)F)C1. The van der Waals surface area contributed by atoms with E-state index < -0.39 is 11.7 Å². The van der Waals surface area contributed by atoms with Crippen LogP contribution < -0.4 is 4.90 Å². The van der Waals surface area contributed by atoms with Crippen LogP contribution in [-0.2, 0) is 15.7 Å². The van der Waals surface area contributed by atoms with Crippen molar-refractivity contribution in [2.45, 2.75) is 12.6 Å². The van der Waals surface area contributed by atoms with Crippen LogP contribution in [0.3, 0.4) is 0 Å². The molecule has 0 radical (unpaired) electrons. The minimum atomic E-state index is -4.42. The first-order valence-electron chi connectivity index (χ1n) is 6.02. The monoisotopic (exact) mass is 351 g/mol. The van der Waals surface area contributed by atoms with Gasteiger partial charge in [0.1, 0.15) is 0 Å². The number of benzene rings is 1. The highest BCUT2D eigenvalue weighted by molar-refractivity contribution is 9.10. The molecule has 1 aromatic carbocycles. The molecule has 3 nitrogen and oxygen atoms in total. The Morgan fingerprint density at radius 1 is 1.45 bits per heavy atom. The highest BCUT2D eigenvalue weighted by Gasteiger charge is 2.37. The van der Waals surface area contributed by atoms with Crippen molar-refractivity contribution in [3.05, 3.63) is 28.2 Å². The van der Waals surface area contributed by atoms with Gasteiger partial charge in [-0.15, -0.1) is 0 Å². The molecule has 1 aromatic rings. The summed E-state index contributed by atoms with van der Waals surface area (Å²) in [6, 6.07) is 3.84. The van der Waals surface area contributed by atoms with Crippen molar-refractivity contribution in [1.29, 1.82) is 0 Å². The molecule has 1 heterocycles. The summed E-state index contributed by atoms with van der Waals surface area (Å²) in [4.78, 5) is 13.0. The van der Waals surface area contributed by atoms with Gasteiger partial charge in [0.15, 0.2) is 0 Å². The maximum atomic E-state index is 13.0. The van der Waals surface area contributed by atoms with Crippen molar-refractivity contribution in [3.8, 4) is 0 Å². The Balaban J connectivity index is 2.29. The number of esters is 1. The largest absolute Gasteiger partial charge is 0.469 e. The molecule has 110 valence electrons. The van der Waals surface area contributed by atoms with Crippen molar-refractivity contribution in [2.24, 2.45) is 5.92 Å². The van der Waals surface area contributed by atoms with Crippen molar-refractivity contribution < 1.29 is 22.7 Å². The van der Waals surface area contributed by atoms with Gasteiger partial charge in [-0.3, -0.25) is 4.79 Å². The highest BCUT2D eigenvalue weighted by Crippen LogP contribution is 2.39. The fraction of sp³-hybridized carbons (Fsp3) is 0.462. The maximum Gasteiger partial charge on any atom is 0.418 e. The summed E-state index contributed by atoms with van der Waals surface area (Å²) in [6.45, 7) is 0.644. The number of methoxy groups -OCH3 is 1. The lowest BCUT2D eigenvalue weighted by Gasteiger charge is -2.23. The van der Waals surface area contributed by atoms with Gasteiger partial charge >= 0.3 is 12.1 Å². The third kappa shape index (κ3) is 3.08. The average molecular weight is 352 g/mol. The number of anilines is 1. The number of rotatable bonds is 2. The van der Waals surface area contributed by atoms with Crippen LogP contribution in [-0.4, -0.2) is 26.2 Å². The van der Waals surface area contributed by atoms with E-state index >= 15 is 0 Å². The molecule has 0 amide bonds. The van der Waals surface area contributed by atoms with Crippen molar-refractivity contribution in [1.82, 2.24) is 0 Å². The summed E-state index contributed by atoms with van der Waals surface area (Å²) in [5, 5.41) is 0. The second kappa shape index (κ2) is 5.63. The molecule has 1 saturated heterocycles. The van der Waals surface area contributed by atoms with Gasteiger partial charge in [0.2, 0.25) is 0 Å². The van der Waals surface area contributed by atoms with Crippen LogP contribution in [0, 0.1) is 5.92 Å². The minimum absolute atomic E-state index is 0.0956. The van der Waals surface area contributed by atoms with Gasteiger partial charge in [0.25, 0.3) is 0 Å². The van der Waals surface area contributed by atoms with Gasteiger partial charge in [0.05, 0.1) is 24.3 Å². The van der Waals surface area contributed by atoms with E-state index in [0.29, 0.717) is 17.4 Å². The Bertz CT molecular complexity index is 519. The zero-order chi connectivity index (χ0) is 14.9. The summed E-state index contributed by atoms with van der Waals surface area (Å²) in [7, 11) is 1.28. The Kier molecular flexibility index (Phi) is 4.27. The van der Waals surface area contributed by atoms with Crippen molar-refractivity contribution in [2.75, 3.05) is 25.1 Å². The van der Waals surface area contributed by atoms with Gasteiger partial charge in [-0.05, 0) is 24.6 Å². The number of alkyl halides is 3. The van der Waals surface area contributed by atoms with E-state index in [1.54, 1.807) is 4.90 Å². The molecule has 1 aliphatic rings. The molecule has 20 heavy (non-hydrogen) atoms. The molecule has 2 rings (SSSR count). The third-order valence-corrected chi connectivity index (χ3v) is 3.82. The summed E-state index contributed by atoms with van der Waals surface area (Å²) in [5.41, 5.74) is -0.593. The van der Waals surface area contributed by atoms with Crippen LogP contribution in [0.4, 0.5) is 18.9 Å². The van der Waals surface area contributed by atoms with E-state index in [0.717, 1.165) is 6.07 Å². The van der Waals surface area contributed by atoms with Crippen molar-refractivity contribution in [3.63, 3.8) is 0 Å². The average Bonchev–Trinajstić information content (AvgIpc) is 2.85. The Hall–Kier alpha value is -1.24. The zero-order valence-electron chi connectivity index (χ0n) is 10.7. The second-order valence-corrected chi connectivity index (χ2v) is 5.53. The molecular weight excluding hydrogens is 339 g/mol. The standard InChI is InChI=1S/C13H13BrF3NO2/c1-20-12(19)8-4-5-18(7-8)11-6-9(14)2-3-10(11)13(15,16)17/h2-3,6,8H,4-5,7H2,1H3. The second-order valence-electron chi connectivity index (χ2n) is 4.61. The van der Waals surface area contributed by atoms with E-state index in [1.165, 1.54) is 19.2 Å². The molecule has 7 heteroatoms. The molecule has 0 spiro atoms. The van der Waals surface area contributed by atoms with Gasteiger partial charge in [-0.25, -0.2) is 0 Å². The fourth-order valence-electron chi connectivity index (χ4n) is 2.34. The highest BCUT2D eigenvalue weighted by atomic mass is 79.9. The molecule has 0 bridgehead atoms. The number of nitrogens with zero attached hydrogens (tertiary/aromatic N) is 1. The first-order valence-corrected chi connectivity index (χ1v) is 6.81. The quantitative estimate of drug-likeness (QED) is 0.764. The Labute approximate surface area is 122 Å². The van der Waals surface area contributed by atoms with E-state index in [-0.39, 0.29) is 24.1 Å². The number of halogens is 4. The van der Waals surface area contributed by atoms with Crippen LogP contribution in [0.1, 0.15) is 12.0 Å². The molecular formula is C13H13BrF3NO2. The summed E-state index contributed by atoms with van der Waals surface area (Å²) in [5.74, 6) is -0.754. The van der Waals surface area contributed by atoms with Gasteiger partial charge in [-0.2, -0.15) is 13.2 Å². The van der Waals surface area contributed by atoms with Crippen LogP contribution in [0.15, 0.2) is 22.7 Å². The molecule has 1 aliphatic heterocycles. The summed E-state index contributed by atoms with van der Waals surface area (Å²) < 4.78 is 44.3. The summed E-state index contributed by atoms with van der Waals surface area (Å²) in [6.07, 6.45) is -3.92. The molecule has 0 aromatic heterocycles. The van der Waals surface area contributed by atoms with E-state index in [9.17, 15) is 18.0 Å². The van der Waals surface area contributed by atoms with E-state index in [2.05, 4.69) is 20.7 Å². The van der Waals surface area contributed by atoms with Crippen LogP contribution in [0.5, 0.6) is 0 Å². The molecule has 0 aliphatic carbocycles. The fourth-order valence-corrected chi connectivity index (χ4v) is 2.69. The number of hydrogen-bond acceptors (Lipinski definition) is 3. The van der Waals surface area contributed by atoms with Gasteiger partial charge in [-0.1, -0.05) is 15.9 Å². The molecule has 0 saturated carbocycles. The van der Waals surface area contributed by atoms with E-state index in [4.69, 9.17) is 0 Å². The lowest BCUT2D eigenvalue weighted by atomic mass is 10.1. The molecule has 1 unspecified atom stereocenters. The van der Waals surface area contributed by atoms with Crippen LogP contribution in [0.2, 0.25) is 0 Å². The lowest BCUT2D eigenvalue weighted by Crippen LogP contribution is -2.25.